The van der Waals surface area contributed by atoms with E-state index in [0.717, 1.165) is 5.69 Å². The van der Waals surface area contributed by atoms with Crippen molar-refractivity contribution in [1.82, 2.24) is 0 Å². The smallest absolute Gasteiger partial charge is 0.406 e. The van der Waals surface area contributed by atoms with Crippen LogP contribution in [0.4, 0.5) is 32.0 Å². The number of ether oxygens (including phenoxy) is 2. The number of hydrogen-bond acceptors (Lipinski definition) is 3. The lowest BCUT2D eigenvalue weighted by atomic mass is 9.70. The molecule has 1 aliphatic carbocycles. The van der Waals surface area contributed by atoms with Crippen LogP contribution in [-0.4, -0.2) is 18.8 Å². The molecule has 3 aromatic rings. The van der Waals surface area contributed by atoms with E-state index in [1.54, 1.807) is 24.3 Å². The van der Waals surface area contributed by atoms with E-state index in [1.165, 1.54) is 24.3 Å². The quantitative estimate of drug-likeness (QED) is 0.218. The van der Waals surface area contributed by atoms with Crippen LogP contribution in [0.15, 0.2) is 103 Å². The van der Waals surface area contributed by atoms with Gasteiger partial charge >= 0.3 is 12.7 Å². The minimum Gasteiger partial charge on any atom is -0.406 e. The lowest BCUT2D eigenvalue weighted by Gasteiger charge is -2.40. The molecule has 3 aromatic carbocycles. The maximum absolute atomic E-state index is 12.9. The van der Waals surface area contributed by atoms with Gasteiger partial charge in [0.25, 0.3) is 0 Å². The summed E-state index contributed by atoms with van der Waals surface area (Å²) >= 11 is 0. The van der Waals surface area contributed by atoms with Gasteiger partial charge in [0.2, 0.25) is 0 Å². The summed E-state index contributed by atoms with van der Waals surface area (Å²) in [6, 6.07) is 21.7. The van der Waals surface area contributed by atoms with E-state index in [9.17, 15) is 26.3 Å². The van der Waals surface area contributed by atoms with E-state index in [2.05, 4.69) is 26.9 Å². The van der Waals surface area contributed by atoms with Crippen molar-refractivity contribution in [3.05, 3.63) is 114 Å². The molecule has 0 saturated carbocycles. The maximum Gasteiger partial charge on any atom is 0.573 e. The molecular weight excluding hydrogens is 544 g/mol. The highest BCUT2D eigenvalue weighted by Crippen LogP contribution is 2.41. The molecule has 0 spiro atoms. The van der Waals surface area contributed by atoms with Crippen molar-refractivity contribution in [2.75, 3.05) is 5.32 Å². The monoisotopic (exact) mass is 575 g/mol. The molecule has 0 aliphatic heterocycles. The van der Waals surface area contributed by atoms with Crippen LogP contribution in [0.5, 0.6) is 11.5 Å². The standard InChI is InChI=1S/C32H31F6NO2/c33-31(34,35)40-27-18-6-4-12-24(27)14-10-22-30(21-9-8-20-29(30)39-26-16-2-1-3-17-26)23-11-15-25-13-5-7-19-28(25)41-32(36,37)38/h1-9,12-13,16-21,29,39H,10-11,14-15,22-23H2. The first-order chi connectivity index (χ1) is 19.5. The van der Waals surface area contributed by atoms with Crippen LogP contribution in [0.3, 0.4) is 0 Å². The van der Waals surface area contributed by atoms with Crippen LogP contribution >= 0.6 is 0 Å². The van der Waals surface area contributed by atoms with Gasteiger partial charge in [-0.3, -0.25) is 0 Å². The molecule has 0 saturated heterocycles. The Balaban J connectivity index is 1.52. The third kappa shape index (κ3) is 9.06. The first-order valence-electron chi connectivity index (χ1n) is 13.4. The van der Waals surface area contributed by atoms with Crippen LogP contribution in [0.2, 0.25) is 0 Å². The van der Waals surface area contributed by atoms with Crippen molar-refractivity contribution < 1.29 is 35.8 Å². The third-order valence-electron chi connectivity index (χ3n) is 7.13. The van der Waals surface area contributed by atoms with E-state index in [1.807, 2.05) is 42.5 Å². The van der Waals surface area contributed by atoms with Crippen molar-refractivity contribution in [1.29, 1.82) is 0 Å². The Morgan fingerprint density at radius 2 is 1.12 bits per heavy atom. The SMILES string of the molecule is FC(F)(F)Oc1ccccc1CCCC1(CCCc2ccccc2OC(F)(F)F)C=CC=CC1Nc1ccccc1. The Hall–Kier alpha value is -3.88. The number of nitrogens with one attached hydrogen (secondary N) is 1. The van der Waals surface area contributed by atoms with Crippen LogP contribution < -0.4 is 14.8 Å². The zero-order valence-electron chi connectivity index (χ0n) is 22.2. The molecule has 3 nitrogen and oxygen atoms in total. The summed E-state index contributed by atoms with van der Waals surface area (Å²) < 4.78 is 86.1. The summed E-state index contributed by atoms with van der Waals surface area (Å²) in [4.78, 5) is 0. The Bertz CT molecular complexity index is 1250. The number of aryl methyl sites for hydroxylation is 2. The zero-order valence-corrected chi connectivity index (χ0v) is 22.2. The van der Waals surface area contributed by atoms with Crippen LogP contribution in [-0.2, 0) is 12.8 Å². The molecule has 0 radical (unpaired) electrons. The summed E-state index contributed by atoms with van der Waals surface area (Å²) in [6.07, 6.45) is 1.58. The maximum atomic E-state index is 12.9. The molecule has 41 heavy (non-hydrogen) atoms. The van der Waals surface area contributed by atoms with E-state index < -0.39 is 18.1 Å². The molecule has 1 atom stereocenters. The number of benzene rings is 3. The summed E-state index contributed by atoms with van der Waals surface area (Å²) in [6.45, 7) is 0. The van der Waals surface area contributed by atoms with Gasteiger partial charge in [0.05, 0.1) is 6.04 Å². The highest BCUT2D eigenvalue weighted by Gasteiger charge is 2.37. The van der Waals surface area contributed by atoms with Gasteiger partial charge in [-0.25, -0.2) is 0 Å². The number of para-hydroxylation sites is 3. The summed E-state index contributed by atoms with van der Waals surface area (Å²) in [5, 5.41) is 3.57. The molecule has 0 amide bonds. The molecule has 0 fully saturated rings. The highest BCUT2D eigenvalue weighted by molar-refractivity contribution is 5.47. The van der Waals surface area contributed by atoms with Crippen molar-refractivity contribution in [2.45, 2.75) is 57.3 Å². The van der Waals surface area contributed by atoms with Crippen LogP contribution in [0, 0.1) is 5.41 Å². The normalized spacial score (nSPS) is 16.4. The summed E-state index contributed by atoms with van der Waals surface area (Å²) in [7, 11) is 0. The van der Waals surface area contributed by atoms with Crippen molar-refractivity contribution >= 4 is 5.69 Å². The van der Waals surface area contributed by atoms with Gasteiger partial charge in [-0.1, -0.05) is 78.9 Å². The fourth-order valence-electron chi connectivity index (χ4n) is 5.31. The van der Waals surface area contributed by atoms with Gasteiger partial charge < -0.3 is 14.8 Å². The molecule has 4 rings (SSSR count). The second kappa shape index (κ2) is 13.2. The average molecular weight is 576 g/mol. The number of hydrogen-bond donors (Lipinski definition) is 1. The number of halogens is 6. The second-order valence-corrected chi connectivity index (χ2v) is 9.98. The molecule has 0 bridgehead atoms. The fourth-order valence-corrected chi connectivity index (χ4v) is 5.31. The molecule has 0 aromatic heterocycles. The predicted octanol–water partition coefficient (Wildman–Crippen LogP) is 9.42. The van der Waals surface area contributed by atoms with Gasteiger partial charge in [0.1, 0.15) is 11.5 Å². The largest absolute Gasteiger partial charge is 0.573 e. The van der Waals surface area contributed by atoms with Gasteiger partial charge in [0.15, 0.2) is 0 Å². The first-order valence-corrected chi connectivity index (χ1v) is 13.4. The van der Waals surface area contributed by atoms with Crippen LogP contribution in [0.25, 0.3) is 0 Å². The van der Waals surface area contributed by atoms with Crippen molar-refractivity contribution in [3.8, 4) is 11.5 Å². The molecule has 0 heterocycles. The number of rotatable bonds is 12. The van der Waals surface area contributed by atoms with Gasteiger partial charge in [-0.05, 0) is 73.9 Å². The molecule has 1 aliphatic rings. The molecular formula is C32H31F6NO2. The Kier molecular flexibility index (Phi) is 9.68. The number of alkyl halides is 6. The van der Waals surface area contributed by atoms with Crippen LogP contribution in [0.1, 0.15) is 36.8 Å². The van der Waals surface area contributed by atoms with E-state index in [-0.39, 0.29) is 17.5 Å². The third-order valence-corrected chi connectivity index (χ3v) is 7.13. The summed E-state index contributed by atoms with van der Waals surface area (Å²) in [5.74, 6) is -0.429. The average Bonchev–Trinajstić information content (AvgIpc) is 2.91. The molecule has 9 heteroatoms. The van der Waals surface area contributed by atoms with Crippen molar-refractivity contribution in [2.24, 2.45) is 5.41 Å². The van der Waals surface area contributed by atoms with E-state index >= 15 is 0 Å². The molecule has 1 N–H and O–H groups in total. The first kappa shape index (κ1) is 30.1. The summed E-state index contributed by atoms with van der Waals surface area (Å²) in [5.41, 5.74) is 1.39. The van der Waals surface area contributed by atoms with E-state index in [0.29, 0.717) is 49.7 Å². The lowest BCUT2D eigenvalue weighted by Crippen LogP contribution is -2.39. The van der Waals surface area contributed by atoms with Gasteiger partial charge in [0, 0.05) is 11.1 Å². The Morgan fingerprint density at radius 1 is 0.634 bits per heavy atom. The number of anilines is 1. The highest BCUT2D eigenvalue weighted by atomic mass is 19.4. The van der Waals surface area contributed by atoms with Gasteiger partial charge in [-0.2, -0.15) is 0 Å². The minimum absolute atomic E-state index is 0.141. The minimum atomic E-state index is -4.79. The Morgan fingerprint density at radius 3 is 1.63 bits per heavy atom. The predicted molar refractivity (Wildman–Crippen MR) is 147 cm³/mol. The fraction of sp³-hybridized carbons (Fsp3) is 0.312. The zero-order chi connectivity index (χ0) is 29.3. The lowest BCUT2D eigenvalue weighted by molar-refractivity contribution is -0.275. The topological polar surface area (TPSA) is 30.5 Å². The Labute approximate surface area is 235 Å². The van der Waals surface area contributed by atoms with Gasteiger partial charge in [-0.15, -0.1) is 26.3 Å². The van der Waals surface area contributed by atoms with E-state index in [4.69, 9.17) is 0 Å². The second-order valence-electron chi connectivity index (χ2n) is 9.98. The molecule has 1 unspecified atom stereocenters. The molecule has 218 valence electrons. The van der Waals surface area contributed by atoms with Crippen molar-refractivity contribution in [3.63, 3.8) is 0 Å². The number of allylic oxidation sites excluding steroid dienone is 2.